The SMILES string of the molecule is Nc1cccc(S)c1-c1ccccc1. The number of benzene rings is 2. The Morgan fingerprint density at radius 3 is 2.21 bits per heavy atom. The summed E-state index contributed by atoms with van der Waals surface area (Å²) in [6.07, 6.45) is 0. The van der Waals surface area contributed by atoms with Gasteiger partial charge in [0, 0.05) is 16.1 Å². The first kappa shape index (κ1) is 9.16. The van der Waals surface area contributed by atoms with Crippen molar-refractivity contribution in [2.45, 2.75) is 4.90 Å². The minimum absolute atomic E-state index is 0.767. The Labute approximate surface area is 89.0 Å². The van der Waals surface area contributed by atoms with Crippen molar-refractivity contribution in [1.29, 1.82) is 0 Å². The molecule has 0 spiro atoms. The number of rotatable bonds is 1. The van der Waals surface area contributed by atoms with Crippen molar-refractivity contribution in [2.24, 2.45) is 0 Å². The summed E-state index contributed by atoms with van der Waals surface area (Å²) in [5.74, 6) is 0. The number of hydrogen-bond donors (Lipinski definition) is 2. The molecule has 0 atom stereocenters. The zero-order valence-electron chi connectivity index (χ0n) is 7.64. The van der Waals surface area contributed by atoms with Gasteiger partial charge in [-0.1, -0.05) is 36.4 Å². The van der Waals surface area contributed by atoms with Gasteiger partial charge in [0.15, 0.2) is 0 Å². The Balaban J connectivity index is 2.63. The van der Waals surface area contributed by atoms with E-state index in [2.05, 4.69) is 12.6 Å². The molecule has 0 bridgehead atoms. The molecular formula is C12H11NS. The second kappa shape index (κ2) is 3.76. The van der Waals surface area contributed by atoms with Crippen molar-refractivity contribution in [3.8, 4) is 11.1 Å². The van der Waals surface area contributed by atoms with Gasteiger partial charge in [-0.15, -0.1) is 12.6 Å². The van der Waals surface area contributed by atoms with E-state index in [1.807, 2.05) is 48.5 Å². The third-order valence-corrected chi connectivity index (χ3v) is 2.51. The van der Waals surface area contributed by atoms with Crippen LogP contribution in [0.25, 0.3) is 11.1 Å². The standard InChI is InChI=1S/C12H11NS/c13-10-7-4-8-11(14)12(10)9-5-2-1-3-6-9/h1-8,14H,13H2. The third-order valence-electron chi connectivity index (χ3n) is 2.14. The molecule has 1 nitrogen and oxygen atoms in total. The monoisotopic (exact) mass is 201 g/mol. The van der Waals surface area contributed by atoms with Gasteiger partial charge in [-0.25, -0.2) is 0 Å². The molecule has 0 saturated carbocycles. The number of thiol groups is 1. The molecule has 0 amide bonds. The molecule has 0 radical (unpaired) electrons. The molecule has 0 unspecified atom stereocenters. The van der Waals surface area contributed by atoms with Crippen molar-refractivity contribution in [3.05, 3.63) is 48.5 Å². The Morgan fingerprint density at radius 1 is 0.857 bits per heavy atom. The highest BCUT2D eigenvalue weighted by Gasteiger charge is 2.04. The summed E-state index contributed by atoms with van der Waals surface area (Å²) in [5, 5.41) is 0. The second-order valence-electron chi connectivity index (χ2n) is 3.11. The maximum Gasteiger partial charge on any atom is 0.0405 e. The van der Waals surface area contributed by atoms with Crippen LogP contribution in [0.4, 0.5) is 5.69 Å². The summed E-state index contributed by atoms with van der Waals surface area (Å²) in [6, 6.07) is 15.8. The molecule has 0 saturated heterocycles. The van der Waals surface area contributed by atoms with Gasteiger partial charge in [-0.2, -0.15) is 0 Å². The van der Waals surface area contributed by atoms with E-state index < -0.39 is 0 Å². The van der Waals surface area contributed by atoms with Crippen LogP contribution in [0.5, 0.6) is 0 Å². The van der Waals surface area contributed by atoms with E-state index in [0.29, 0.717) is 0 Å². The maximum atomic E-state index is 5.90. The highest BCUT2D eigenvalue weighted by molar-refractivity contribution is 7.80. The molecule has 0 aromatic heterocycles. The molecular weight excluding hydrogens is 190 g/mol. The molecule has 0 heterocycles. The Morgan fingerprint density at radius 2 is 1.57 bits per heavy atom. The van der Waals surface area contributed by atoms with E-state index in [-0.39, 0.29) is 0 Å². The summed E-state index contributed by atoms with van der Waals surface area (Å²) >= 11 is 4.40. The molecule has 2 N–H and O–H groups in total. The van der Waals surface area contributed by atoms with E-state index >= 15 is 0 Å². The van der Waals surface area contributed by atoms with Crippen molar-refractivity contribution >= 4 is 18.3 Å². The first-order valence-corrected chi connectivity index (χ1v) is 4.86. The van der Waals surface area contributed by atoms with Crippen LogP contribution in [0.3, 0.4) is 0 Å². The van der Waals surface area contributed by atoms with Gasteiger partial charge in [-0.3, -0.25) is 0 Å². The lowest BCUT2D eigenvalue weighted by molar-refractivity contribution is 1.46. The van der Waals surface area contributed by atoms with Gasteiger partial charge in [0.25, 0.3) is 0 Å². The van der Waals surface area contributed by atoms with Gasteiger partial charge < -0.3 is 5.73 Å². The molecule has 70 valence electrons. The molecule has 0 aliphatic rings. The topological polar surface area (TPSA) is 26.0 Å². The van der Waals surface area contributed by atoms with Gasteiger partial charge >= 0.3 is 0 Å². The summed E-state index contributed by atoms with van der Waals surface area (Å²) in [4.78, 5) is 0.913. The van der Waals surface area contributed by atoms with Crippen LogP contribution in [-0.4, -0.2) is 0 Å². The van der Waals surface area contributed by atoms with E-state index in [9.17, 15) is 0 Å². The van der Waals surface area contributed by atoms with Crippen molar-refractivity contribution < 1.29 is 0 Å². The molecule has 14 heavy (non-hydrogen) atoms. The van der Waals surface area contributed by atoms with Gasteiger partial charge in [0.2, 0.25) is 0 Å². The lowest BCUT2D eigenvalue weighted by Gasteiger charge is -2.08. The van der Waals surface area contributed by atoms with Gasteiger partial charge in [-0.05, 0) is 17.7 Å². The van der Waals surface area contributed by atoms with Crippen molar-refractivity contribution in [1.82, 2.24) is 0 Å². The summed E-state index contributed by atoms with van der Waals surface area (Å²) in [6.45, 7) is 0. The van der Waals surface area contributed by atoms with Crippen molar-refractivity contribution in [2.75, 3.05) is 5.73 Å². The van der Waals surface area contributed by atoms with E-state index in [1.54, 1.807) is 0 Å². The first-order valence-electron chi connectivity index (χ1n) is 4.42. The Bertz CT molecular complexity index is 417. The second-order valence-corrected chi connectivity index (χ2v) is 3.59. The lowest BCUT2D eigenvalue weighted by atomic mass is 10.0. The maximum absolute atomic E-state index is 5.90. The predicted molar refractivity (Wildman–Crippen MR) is 63.5 cm³/mol. The van der Waals surface area contributed by atoms with E-state index in [4.69, 9.17) is 5.73 Å². The highest BCUT2D eigenvalue weighted by Crippen LogP contribution is 2.31. The number of anilines is 1. The summed E-state index contributed by atoms with van der Waals surface area (Å²) in [5.41, 5.74) is 8.79. The number of nitrogens with two attached hydrogens (primary N) is 1. The fourth-order valence-electron chi connectivity index (χ4n) is 1.48. The summed E-state index contributed by atoms with van der Waals surface area (Å²) < 4.78 is 0. The minimum Gasteiger partial charge on any atom is -0.398 e. The van der Waals surface area contributed by atoms with Crippen LogP contribution >= 0.6 is 12.6 Å². The molecule has 0 aliphatic heterocycles. The molecule has 0 fully saturated rings. The Kier molecular flexibility index (Phi) is 2.46. The fraction of sp³-hybridized carbons (Fsp3) is 0. The minimum atomic E-state index is 0.767. The number of hydrogen-bond acceptors (Lipinski definition) is 2. The zero-order chi connectivity index (χ0) is 9.97. The average molecular weight is 201 g/mol. The van der Waals surface area contributed by atoms with Gasteiger partial charge in [0.1, 0.15) is 0 Å². The van der Waals surface area contributed by atoms with Crippen molar-refractivity contribution in [3.63, 3.8) is 0 Å². The van der Waals surface area contributed by atoms with Crippen LogP contribution < -0.4 is 5.73 Å². The molecule has 2 heteroatoms. The van der Waals surface area contributed by atoms with Crippen LogP contribution in [0.2, 0.25) is 0 Å². The highest BCUT2D eigenvalue weighted by atomic mass is 32.1. The fourth-order valence-corrected chi connectivity index (χ4v) is 1.82. The lowest BCUT2D eigenvalue weighted by Crippen LogP contribution is -1.90. The quantitative estimate of drug-likeness (QED) is 0.537. The van der Waals surface area contributed by atoms with Crippen LogP contribution in [0.1, 0.15) is 0 Å². The smallest absolute Gasteiger partial charge is 0.0405 e. The van der Waals surface area contributed by atoms with E-state index in [0.717, 1.165) is 21.7 Å². The van der Waals surface area contributed by atoms with Crippen LogP contribution in [0.15, 0.2) is 53.4 Å². The summed E-state index contributed by atoms with van der Waals surface area (Å²) in [7, 11) is 0. The average Bonchev–Trinajstić information content (AvgIpc) is 2.19. The normalized spacial score (nSPS) is 10.1. The first-order chi connectivity index (χ1) is 6.79. The molecule has 2 rings (SSSR count). The number of nitrogen functional groups attached to an aromatic ring is 1. The van der Waals surface area contributed by atoms with E-state index in [1.165, 1.54) is 0 Å². The largest absolute Gasteiger partial charge is 0.398 e. The van der Waals surface area contributed by atoms with Gasteiger partial charge in [0.05, 0.1) is 0 Å². The molecule has 2 aromatic rings. The predicted octanol–water partition coefficient (Wildman–Crippen LogP) is 3.22. The Hall–Kier alpha value is -1.41. The van der Waals surface area contributed by atoms with Crippen LogP contribution in [0, 0.1) is 0 Å². The molecule has 2 aromatic carbocycles. The zero-order valence-corrected chi connectivity index (χ0v) is 8.54. The third kappa shape index (κ3) is 1.61. The molecule has 0 aliphatic carbocycles. The van der Waals surface area contributed by atoms with Crippen LogP contribution in [-0.2, 0) is 0 Å².